The van der Waals surface area contributed by atoms with Crippen LogP contribution in [0, 0.1) is 11.8 Å². The minimum Gasteiger partial charge on any atom is -0.445 e. The summed E-state index contributed by atoms with van der Waals surface area (Å²) in [6.45, 7) is 3.87. The van der Waals surface area contributed by atoms with Gasteiger partial charge in [-0.15, -0.1) is 0 Å². The zero-order chi connectivity index (χ0) is 25.9. The number of benzene rings is 1. The number of aliphatic hydroxyl groups is 3. The minimum atomic E-state index is -0.472. The van der Waals surface area contributed by atoms with Gasteiger partial charge in [-0.05, 0) is 108 Å². The van der Waals surface area contributed by atoms with E-state index < -0.39 is 5.60 Å². The third kappa shape index (κ3) is 10.2. The van der Waals surface area contributed by atoms with Crippen LogP contribution in [0.25, 0.3) is 0 Å². The second-order valence-electron chi connectivity index (χ2n) is 10.9. The average Bonchev–Trinajstić information content (AvgIpc) is 3.77. The Morgan fingerprint density at radius 2 is 1.32 bits per heavy atom. The SMILES string of the molecule is C.CO.O=C(OCc1ccccc1)N1CCCC(O)(C2CC2)CCC1.OC1(C2CC2)CCCNCCC1. The third-order valence-corrected chi connectivity index (χ3v) is 8.14. The molecule has 0 unspecified atom stereocenters. The standard InChI is InChI=1S/C18H25NO3.C10H19NO.CH4O.CH4/c20-17(22-14-15-6-2-1-3-7-15)19-12-4-10-18(21,11-5-13-19)16-8-9-16;12-10(9-3-4-9)5-1-7-11-8-2-6-10;1-2;/h1-3,6-7,16,21H,4-5,8-14H2;9,11-12H,1-8H2;2H,1H3;1H4. The molecule has 212 valence electrons. The van der Waals surface area contributed by atoms with E-state index in [2.05, 4.69) is 5.32 Å². The van der Waals surface area contributed by atoms with Gasteiger partial charge in [0.05, 0.1) is 11.2 Å². The Kier molecular flexibility index (Phi) is 13.4. The molecule has 0 spiro atoms. The number of ether oxygens (including phenoxy) is 1. The molecule has 4 fully saturated rings. The van der Waals surface area contributed by atoms with Crippen LogP contribution in [0.15, 0.2) is 30.3 Å². The van der Waals surface area contributed by atoms with Gasteiger partial charge in [0.1, 0.15) is 6.61 Å². The van der Waals surface area contributed by atoms with Crippen molar-refractivity contribution >= 4 is 6.09 Å². The molecule has 37 heavy (non-hydrogen) atoms. The van der Waals surface area contributed by atoms with E-state index in [0.29, 0.717) is 31.5 Å². The summed E-state index contributed by atoms with van der Waals surface area (Å²) in [5.41, 5.74) is 0.258. The Bertz CT molecular complexity index is 748. The first-order chi connectivity index (χ1) is 17.5. The van der Waals surface area contributed by atoms with Gasteiger partial charge >= 0.3 is 6.09 Å². The van der Waals surface area contributed by atoms with E-state index in [9.17, 15) is 15.0 Å². The van der Waals surface area contributed by atoms with Crippen LogP contribution in [0.2, 0.25) is 0 Å². The second-order valence-corrected chi connectivity index (χ2v) is 10.9. The van der Waals surface area contributed by atoms with Crippen LogP contribution < -0.4 is 5.32 Å². The molecule has 2 saturated carbocycles. The fraction of sp³-hybridized carbons (Fsp3) is 0.767. The predicted molar refractivity (Wildman–Crippen MR) is 148 cm³/mol. The van der Waals surface area contributed by atoms with Crippen molar-refractivity contribution in [1.82, 2.24) is 10.2 Å². The number of rotatable bonds is 4. The van der Waals surface area contributed by atoms with Crippen LogP contribution in [0.3, 0.4) is 0 Å². The number of aliphatic hydroxyl groups excluding tert-OH is 1. The van der Waals surface area contributed by atoms with Crippen LogP contribution in [0.5, 0.6) is 0 Å². The third-order valence-electron chi connectivity index (χ3n) is 8.14. The fourth-order valence-corrected chi connectivity index (χ4v) is 5.73. The van der Waals surface area contributed by atoms with Crippen LogP contribution in [-0.2, 0) is 11.3 Å². The molecule has 1 amide bonds. The van der Waals surface area contributed by atoms with E-state index in [1.807, 2.05) is 30.3 Å². The molecule has 4 aliphatic rings. The lowest BCUT2D eigenvalue weighted by Gasteiger charge is -2.33. The zero-order valence-corrected chi connectivity index (χ0v) is 22.2. The smallest absolute Gasteiger partial charge is 0.410 e. The van der Waals surface area contributed by atoms with Gasteiger partial charge < -0.3 is 30.3 Å². The van der Waals surface area contributed by atoms with Crippen molar-refractivity contribution in [2.45, 2.75) is 102 Å². The highest BCUT2D eigenvalue weighted by atomic mass is 16.6. The van der Waals surface area contributed by atoms with Crippen LogP contribution >= 0.6 is 0 Å². The normalized spacial score (nSPS) is 23.1. The molecule has 2 heterocycles. The summed E-state index contributed by atoms with van der Waals surface area (Å²) in [7, 11) is 1.00. The number of likely N-dealkylation sites (tertiary alicyclic amines) is 1. The number of carbonyl (C=O) groups excluding carboxylic acids is 1. The van der Waals surface area contributed by atoms with E-state index in [-0.39, 0.29) is 19.1 Å². The van der Waals surface area contributed by atoms with Gasteiger partial charge in [0, 0.05) is 20.2 Å². The number of carbonyl (C=O) groups is 1. The molecule has 0 aromatic heterocycles. The van der Waals surface area contributed by atoms with Gasteiger partial charge in [-0.2, -0.15) is 0 Å². The number of hydrogen-bond donors (Lipinski definition) is 4. The van der Waals surface area contributed by atoms with Crippen molar-refractivity contribution in [2.24, 2.45) is 11.8 Å². The zero-order valence-electron chi connectivity index (χ0n) is 22.2. The van der Waals surface area contributed by atoms with E-state index in [0.717, 1.165) is 77.1 Å². The van der Waals surface area contributed by atoms with Crippen molar-refractivity contribution in [2.75, 3.05) is 33.3 Å². The molecule has 0 atom stereocenters. The molecule has 5 rings (SSSR count). The van der Waals surface area contributed by atoms with Gasteiger partial charge in [-0.3, -0.25) is 0 Å². The largest absolute Gasteiger partial charge is 0.445 e. The maximum absolute atomic E-state index is 12.2. The molecule has 7 nitrogen and oxygen atoms in total. The molecule has 7 heteroatoms. The first-order valence-corrected chi connectivity index (χ1v) is 14.0. The first-order valence-electron chi connectivity index (χ1n) is 14.0. The number of amides is 1. The van der Waals surface area contributed by atoms with E-state index in [1.165, 1.54) is 25.7 Å². The Morgan fingerprint density at radius 1 is 0.865 bits per heavy atom. The Balaban J connectivity index is 0.000000272. The van der Waals surface area contributed by atoms with Crippen molar-refractivity contribution in [3.05, 3.63) is 35.9 Å². The topological polar surface area (TPSA) is 102 Å². The van der Waals surface area contributed by atoms with Crippen molar-refractivity contribution in [3.8, 4) is 0 Å². The molecule has 2 saturated heterocycles. The molecule has 0 bridgehead atoms. The highest BCUT2D eigenvalue weighted by Crippen LogP contribution is 2.45. The lowest BCUT2D eigenvalue weighted by atomic mass is 9.86. The molecule has 2 aliphatic heterocycles. The minimum absolute atomic E-state index is 0. The Morgan fingerprint density at radius 3 is 1.78 bits per heavy atom. The van der Waals surface area contributed by atoms with E-state index >= 15 is 0 Å². The molecular formula is C30H52N2O5. The summed E-state index contributed by atoms with van der Waals surface area (Å²) in [5.74, 6) is 1.15. The predicted octanol–water partition coefficient (Wildman–Crippen LogP) is 4.88. The summed E-state index contributed by atoms with van der Waals surface area (Å²) in [6.07, 6.45) is 12.3. The monoisotopic (exact) mass is 520 g/mol. The average molecular weight is 521 g/mol. The summed E-state index contributed by atoms with van der Waals surface area (Å²) in [4.78, 5) is 14.0. The lowest BCUT2D eigenvalue weighted by molar-refractivity contribution is -0.0144. The molecular weight excluding hydrogens is 468 g/mol. The molecule has 0 radical (unpaired) electrons. The molecule has 4 N–H and O–H groups in total. The van der Waals surface area contributed by atoms with E-state index in [4.69, 9.17) is 9.84 Å². The molecule has 1 aromatic rings. The van der Waals surface area contributed by atoms with Crippen molar-refractivity contribution < 1.29 is 24.9 Å². The summed E-state index contributed by atoms with van der Waals surface area (Å²) < 4.78 is 5.40. The summed E-state index contributed by atoms with van der Waals surface area (Å²) >= 11 is 0. The fourth-order valence-electron chi connectivity index (χ4n) is 5.73. The van der Waals surface area contributed by atoms with Gasteiger partial charge in [-0.25, -0.2) is 4.79 Å². The highest BCUT2D eigenvalue weighted by molar-refractivity contribution is 5.67. The van der Waals surface area contributed by atoms with Crippen LogP contribution in [0.1, 0.15) is 90.0 Å². The summed E-state index contributed by atoms with van der Waals surface area (Å²) in [5, 5.41) is 31.3. The van der Waals surface area contributed by atoms with E-state index in [1.54, 1.807) is 4.90 Å². The second kappa shape index (κ2) is 15.7. The molecule has 2 aliphatic carbocycles. The van der Waals surface area contributed by atoms with Crippen molar-refractivity contribution in [1.29, 1.82) is 0 Å². The van der Waals surface area contributed by atoms with Crippen LogP contribution in [0.4, 0.5) is 4.79 Å². The quantitative estimate of drug-likeness (QED) is 0.452. The van der Waals surface area contributed by atoms with Crippen molar-refractivity contribution in [3.63, 3.8) is 0 Å². The maximum Gasteiger partial charge on any atom is 0.410 e. The van der Waals surface area contributed by atoms with Gasteiger partial charge in [0.15, 0.2) is 0 Å². The summed E-state index contributed by atoms with van der Waals surface area (Å²) in [6, 6.07) is 9.74. The number of nitrogens with one attached hydrogen (secondary N) is 1. The van der Waals surface area contributed by atoms with Crippen LogP contribution in [-0.4, -0.2) is 70.8 Å². The number of hydrogen-bond acceptors (Lipinski definition) is 6. The molecule has 1 aromatic carbocycles. The Labute approximate surface area is 224 Å². The highest BCUT2D eigenvalue weighted by Gasteiger charge is 2.44. The first kappa shape index (κ1) is 31.5. The van der Waals surface area contributed by atoms with Gasteiger partial charge in [-0.1, -0.05) is 37.8 Å². The van der Waals surface area contributed by atoms with Gasteiger partial charge in [0.25, 0.3) is 0 Å². The maximum atomic E-state index is 12.2. The van der Waals surface area contributed by atoms with Gasteiger partial charge in [0.2, 0.25) is 0 Å². The Hall–Kier alpha value is -1.67. The number of nitrogens with zero attached hydrogens (tertiary/aromatic N) is 1. The lowest BCUT2D eigenvalue weighted by Crippen LogP contribution is -2.40.